The maximum atomic E-state index is 13.4. The van der Waals surface area contributed by atoms with Gasteiger partial charge in [-0.3, -0.25) is 14.6 Å². The zero-order valence-electron chi connectivity index (χ0n) is 23.4. The topological polar surface area (TPSA) is 113 Å². The Bertz CT molecular complexity index is 1370. The number of urea groups is 1. The second kappa shape index (κ2) is 11.3. The first-order chi connectivity index (χ1) is 18.4. The highest BCUT2D eigenvalue weighted by molar-refractivity contribution is 6.35. The van der Waals surface area contributed by atoms with E-state index in [1.54, 1.807) is 13.1 Å². The number of anilines is 1. The molecule has 39 heavy (non-hydrogen) atoms. The molecule has 4 rings (SSSR count). The number of H-pyrrole nitrogens is 1. The van der Waals surface area contributed by atoms with Crippen LogP contribution in [0.5, 0.6) is 0 Å². The molecule has 1 aliphatic carbocycles. The van der Waals surface area contributed by atoms with Crippen molar-refractivity contribution >= 4 is 46.9 Å². The van der Waals surface area contributed by atoms with E-state index >= 15 is 0 Å². The van der Waals surface area contributed by atoms with Crippen molar-refractivity contribution in [1.82, 2.24) is 24.8 Å². The Labute approximate surface area is 233 Å². The minimum absolute atomic E-state index is 0.0430. The monoisotopic (exact) mass is 556 g/mol. The molecule has 1 fully saturated rings. The third kappa shape index (κ3) is 6.21. The fraction of sp³-hybridized carbons (Fsp3) is 0.500. The van der Waals surface area contributed by atoms with Gasteiger partial charge in [-0.25, -0.2) is 14.6 Å². The van der Waals surface area contributed by atoms with E-state index in [0.717, 1.165) is 47.2 Å². The molecule has 1 aromatic carbocycles. The Morgan fingerprint density at radius 3 is 2.62 bits per heavy atom. The van der Waals surface area contributed by atoms with Gasteiger partial charge in [-0.1, -0.05) is 30.5 Å². The molecule has 1 unspecified atom stereocenters. The molecule has 1 atom stereocenters. The molecule has 11 heteroatoms. The Hall–Kier alpha value is -3.53. The largest absolute Gasteiger partial charge is 0.444 e. The minimum atomic E-state index is -0.631. The summed E-state index contributed by atoms with van der Waals surface area (Å²) in [5.74, 6) is 1.26. The first kappa shape index (κ1) is 28.5. The highest BCUT2D eigenvalue weighted by Crippen LogP contribution is 2.37. The molecule has 0 radical (unpaired) electrons. The van der Waals surface area contributed by atoms with Crippen LogP contribution in [0.1, 0.15) is 69.7 Å². The number of nitrogens with zero attached hydrogens (tertiary/aromatic N) is 4. The molecule has 0 spiro atoms. The van der Waals surface area contributed by atoms with Crippen LogP contribution in [-0.4, -0.2) is 50.6 Å². The zero-order valence-corrected chi connectivity index (χ0v) is 24.1. The number of nitrogens with one attached hydrogen (secondary N) is 2. The smallest absolute Gasteiger partial charge is 0.408 e. The van der Waals surface area contributed by atoms with E-state index in [-0.39, 0.29) is 18.5 Å². The Kier molecular flexibility index (Phi) is 8.25. The number of rotatable bonds is 7. The van der Waals surface area contributed by atoms with E-state index < -0.39 is 17.7 Å². The summed E-state index contributed by atoms with van der Waals surface area (Å²) >= 11 is 6.28. The molecule has 10 nitrogen and oxygen atoms in total. The van der Waals surface area contributed by atoms with Crippen molar-refractivity contribution in [3.63, 3.8) is 0 Å². The fourth-order valence-electron chi connectivity index (χ4n) is 5.18. The molecule has 0 bridgehead atoms. The average molecular weight is 557 g/mol. The molecule has 0 saturated heterocycles. The highest BCUT2D eigenvalue weighted by Gasteiger charge is 2.34. The van der Waals surface area contributed by atoms with Gasteiger partial charge in [0.25, 0.3) is 0 Å². The number of aromatic nitrogens is 3. The minimum Gasteiger partial charge on any atom is -0.444 e. The Morgan fingerprint density at radius 1 is 1.31 bits per heavy atom. The molecule has 1 saturated carbocycles. The normalized spacial score (nSPS) is 14.8. The van der Waals surface area contributed by atoms with Gasteiger partial charge in [0.15, 0.2) is 5.82 Å². The summed E-state index contributed by atoms with van der Waals surface area (Å²) in [7, 11) is 3.45. The number of halogens is 1. The lowest BCUT2D eigenvalue weighted by molar-refractivity contribution is -0.116. The number of ether oxygens (including phenoxy) is 1. The summed E-state index contributed by atoms with van der Waals surface area (Å²) in [6.45, 7) is 7.37. The highest BCUT2D eigenvalue weighted by atomic mass is 35.5. The zero-order chi connectivity index (χ0) is 28.5. The second-order valence-electron chi connectivity index (χ2n) is 11.2. The summed E-state index contributed by atoms with van der Waals surface area (Å²) in [4.78, 5) is 48.7. The summed E-state index contributed by atoms with van der Waals surface area (Å²) in [6.07, 6.45) is 4.10. The lowest BCUT2D eigenvalue weighted by atomic mass is 9.97. The van der Waals surface area contributed by atoms with E-state index in [2.05, 4.69) is 10.3 Å². The third-order valence-corrected chi connectivity index (χ3v) is 7.53. The van der Waals surface area contributed by atoms with Gasteiger partial charge >= 0.3 is 12.1 Å². The molecule has 0 aliphatic heterocycles. The first-order valence-corrected chi connectivity index (χ1v) is 13.6. The van der Waals surface area contributed by atoms with Crippen LogP contribution in [0.4, 0.5) is 15.4 Å². The average Bonchev–Trinajstić information content (AvgIpc) is 3.60. The molecule has 2 heterocycles. The Balaban J connectivity index is 1.58. The van der Waals surface area contributed by atoms with Crippen LogP contribution in [0.2, 0.25) is 5.02 Å². The van der Waals surface area contributed by atoms with Crippen molar-refractivity contribution < 1.29 is 19.1 Å². The van der Waals surface area contributed by atoms with Crippen molar-refractivity contribution in [3.8, 4) is 0 Å². The van der Waals surface area contributed by atoms with Crippen molar-refractivity contribution in [3.05, 3.63) is 46.5 Å². The molecular weight excluding hydrogens is 520 g/mol. The summed E-state index contributed by atoms with van der Waals surface area (Å²) in [5.41, 5.74) is 1.60. The number of hydrogen-bond donors (Lipinski definition) is 2. The van der Waals surface area contributed by atoms with E-state index in [0.29, 0.717) is 28.8 Å². The number of carbonyl (C=O) groups excluding carboxylic acids is 3. The van der Waals surface area contributed by atoms with Gasteiger partial charge in [0.2, 0.25) is 6.41 Å². The van der Waals surface area contributed by atoms with E-state index in [1.165, 1.54) is 4.90 Å². The van der Waals surface area contributed by atoms with Crippen LogP contribution in [0.15, 0.2) is 24.3 Å². The number of benzene rings is 1. The number of carbonyl (C=O) groups is 3. The lowest BCUT2D eigenvalue weighted by Gasteiger charge is -2.27. The summed E-state index contributed by atoms with van der Waals surface area (Å²) in [6, 6.07) is 6.44. The van der Waals surface area contributed by atoms with Gasteiger partial charge in [-0.2, -0.15) is 0 Å². The van der Waals surface area contributed by atoms with Gasteiger partial charge in [0.05, 0.1) is 18.3 Å². The SMILES string of the molecule is Cc1c(N(C)C(=O)N(C=O)Cc2cc3c(Cl)cccc3[nH]2)nc(C(NC(=O)OC(C)(C)C)C2CCCC2)n1C. The van der Waals surface area contributed by atoms with E-state index in [1.807, 2.05) is 57.5 Å². The molecular formula is C28H37ClN6O4. The van der Waals surface area contributed by atoms with Gasteiger partial charge < -0.3 is 19.6 Å². The van der Waals surface area contributed by atoms with Crippen molar-refractivity contribution in [2.75, 3.05) is 11.9 Å². The third-order valence-electron chi connectivity index (χ3n) is 7.20. The van der Waals surface area contributed by atoms with Gasteiger partial charge in [0, 0.05) is 35.7 Å². The van der Waals surface area contributed by atoms with Crippen LogP contribution in [-0.2, 0) is 23.1 Å². The van der Waals surface area contributed by atoms with Gasteiger partial charge in [-0.15, -0.1) is 0 Å². The number of imide groups is 1. The second-order valence-corrected chi connectivity index (χ2v) is 11.6. The van der Waals surface area contributed by atoms with E-state index in [9.17, 15) is 14.4 Å². The van der Waals surface area contributed by atoms with Crippen molar-refractivity contribution in [2.45, 2.75) is 71.6 Å². The van der Waals surface area contributed by atoms with Crippen LogP contribution < -0.4 is 10.2 Å². The van der Waals surface area contributed by atoms with Crippen LogP contribution in [0.25, 0.3) is 10.9 Å². The maximum Gasteiger partial charge on any atom is 0.408 e. The van der Waals surface area contributed by atoms with E-state index in [4.69, 9.17) is 21.3 Å². The fourth-order valence-corrected chi connectivity index (χ4v) is 5.41. The number of alkyl carbamates (subject to hydrolysis) is 1. The van der Waals surface area contributed by atoms with Gasteiger partial charge in [-0.05, 0) is 64.7 Å². The maximum absolute atomic E-state index is 13.4. The Morgan fingerprint density at radius 2 is 2.00 bits per heavy atom. The predicted octanol–water partition coefficient (Wildman–Crippen LogP) is 5.83. The number of hydrogen-bond acceptors (Lipinski definition) is 5. The molecule has 2 aromatic heterocycles. The van der Waals surface area contributed by atoms with Gasteiger partial charge in [0.1, 0.15) is 11.4 Å². The van der Waals surface area contributed by atoms with Crippen LogP contribution in [0, 0.1) is 12.8 Å². The van der Waals surface area contributed by atoms with Crippen molar-refractivity contribution in [1.29, 1.82) is 0 Å². The summed E-state index contributed by atoms with van der Waals surface area (Å²) in [5, 5.41) is 4.44. The number of fused-ring (bicyclic) bond motifs is 1. The number of amides is 4. The van der Waals surface area contributed by atoms with Crippen LogP contribution >= 0.6 is 11.6 Å². The molecule has 210 valence electrons. The number of aromatic amines is 1. The van der Waals surface area contributed by atoms with Crippen LogP contribution in [0.3, 0.4) is 0 Å². The molecule has 4 amide bonds. The molecule has 2 N–H and O–H groups in total. The quantitative estimate of drug-likeness (QED) is 0.355. The first-order valence-electron chi connectivity index (χ1n) is 13.2. The standard InChI is InChI=1S/C28H37ClN6O4/c1-17-24(32-25(33(17)5)23(18-10-7-8-11-18)31-26(37)39-28(2,3)4)34(6)27(38)35(16-36)15-19-14-20-21(29)12-9-13-22(20)30-19/h9,12-14,16,18,23,30H,7-8,10-11,15H2,1-6H3,(H,31,37). The predicted molar refractivity (Wildman–Crippen MR) is 151 cm³/mol. The lowest BCUT2D eigenvalue weighted by Crippen LogP contribution is -2.40. The summed E-state index contributed by atoms with van der Waals surface area (Å²) < 4.78 is 7.43. The molecule has 3 aromatic rings. The molecule has 1 aliphatic rings. The number of imidazole rings is 1. The van der Waals surface area contributed by atoms with Crippen molar-refractivity contribution in [2.24, 2.45) is 13.0 Å².